The first-order chi connectivity index (χ1) is 7.70. The minimum absolute atomic E-state index is 0.290. The Kier molecular flexibility index (Phi) is 3.36. The summed E-state index contributed by atoms with van der Waals surface area (Å²) >= 11 is 11.5. The topological polar surface area (TPSA) is 25.8 Å². The second kappa shape index (κ2) is 4.76. The van der Waals surface area contributed by atoms with Gasteiger partial charge in [-0.15, -0.1) is 11.6 Å². The molecule has 0 spiro atoms. The Morgan fingerprint density at radius 3 is 2.44 bits per heavy atom. The van der Waals surface area contributed by atoms with Crippen LogP contribution in [0.15, 0.2) is 30.6 Å². The van der Waals surface area contributed by atoms with Crippen molar-refractivity contribution in [3.63, 3.8) is 0 Å². The molecule has 0 saturated heterocycles. The predicted octanol–water partition coefficient (Wildman–Crippen LogP) is 3.67. The molecule has 2 nitrogen and oxygen atoms in total. The summed E-state index contributed by atoms with van der Waals surface area (Å²) in [6.45, 7) is 0. The van der Waals surface area contributed by atoms with Crippen molar-refractivity contribution < 1.29 is 4.39 Å². The van der Waals surface area contributed by atoms with Crippen molar-refractivity contribution in [1.29, 1.82) is 0 Å². The Morgan fingerprint density at radius 1 is 1.19 bits per heavy atom. The van der Waals surface area contributed by atoms with Crippen LogP contribution in [-0.4, -0.2) is 9.97 Å². The number of rotatable bonds is 2. The van der Waals surface area contributed by atoms with Gasteiger partial charge in [-0.2, -0.15) is 0 Å². The van der Waals surface area contributed by atoms with E-state index in [0.29, 0.717) is 22.3 Å². The van der Waals surface area contributed by atoms with E-state index < -0.39 is 0 Å². The number of hydrogen-bond acceptors (Lipinski definition) is 2. The molecule has 16 heavy (non-hydrogen) atoms. The van der Waals surface area contributed by atoms with Crippen LogP contribution in [0.3, 0.4) is 0 Å². The average Bonchev–Trinajstić information content (AvgIpc) is 2.29. The highest BCUT2D eigenvalue weighted by molar-refractivity contribution is 6.33. The molecular weight excluding hydrogens is 250 g/mol. The molecule has 0 bridgehead atoms. The fourth-order valence-electron chi connectivity index (χ4n) is 1.23. The van der Waals surface area contributed by atoms with E-state index in [-0.39, 0.29) is 5.82 Å². The fourth-order valence-corrected chi connectivity index (χ4v) is 1.62. The smallest absolute Gasteiger partial charge is 0.160 e. The van der Waals surface area contributed by atoms with Gasteiger partial charge in [0.15, 0.2) is 5.82 Å². The van der Waals surface area contributed by atoms with Crippen molar-refractivity contribution in [2.45, 2.75) is 5.88 Å². The Morgan fingerprint density at radius 2 is 1.88 bits per heavy atom. The molecule has 0 aliphatic rings. The van der Waals surface area contributed by atoms with Gasteiger partial charge in [-0.25, -0.2) is 14.4 Å². The molecule has 1 aromatic heterocycles. The minimum atomic E-state index is -0.383. The predicted molar refractivity (Wildman–Crippen MR) is 62.0 cm³/mol. The molecule has 2 aromatic rings. The molecule has 1 aromatic carbocycles. The highest BCUT2D eigenvalue weighted by Crippen LogP contribution is 2.25. The fraction of sp³-hybridized carbons (Fsp3) is 0.0909. The van der Waals surface area contributed by atoms with Crippen molar-refractivity contribution in [2.75, 3.05) is 0 Å². The maximum Gasteiger partial charge on any atom is 0.160 e. The van der Waals surface area contributed by atoms with Crippen LogP contribution in [0.2, 0.25) is 5.02 Å². The van der Waals surface area contributed by atoms with E-state index >= 15 is 0 Å². The van der Waals surface area contributed by atoms with Crippen molar-refractivity contribution in [2.24, 2.45) is 0 Å². The first-order valence-electron chi connectivity index (χ1n) is 4.53. The van der Waals surface area contributed by atoms with E-state index in [4.69, 9.17) is 23.2 Å². The maximum atomic E-state index is 12.8. The van der Waals surface area contributed by atoms with Crippen molar-refractivity contribution in [3.8, 4) is 11.4 Å². The van der Waals surface area contributed by atoms with Crippen molar-refractivity contribution in [3.05, 3.63) is 47.0 Å². The van der Waals surface area contributed by atoms with Crippen LogP contribution in [0.25, 0.3) is 11.4 Å². The lowest BCUT2D eigenvalue weighted by Gasteiger charge is -2.03. The molecule has 1 heterocycles. The largest absolute Gasteiger partial charge is 0.236 e. The summed E-state index contributed by atoms with van der Waals surface area (Å²) < 4.78 is 12.8. The van der Waals surface area contributed by atoms with Gasteiger partial charge in [0, 0.05) is 23.5 Å². The average molecular weight is 257 g/mol. The van der Waals surface area contributed by atoms with Crippen LogP contribution in [0, 0.1) is 5.82 Å². The highest BCUT2D eigenvalue weighted by Gasteiger charge is 2.07. The number of alkyl halides is 1. The first-order valence-corrected chi connectivity index (χ1v) is 5.44. The number of benzene rings is 1. The zero-order chi connectivity index (χ0) is 11.5. The maximum absolute atomic E-state index is 12.8. The molecule has 0 atom stereocenters. The Hall–Kier alpha value is -1.19. The second-order valence-corrected chi connectivity index (χ2v) is 3.85. The second-order valence-electron chi connectivity index (χ2n) is 3.17. The molecule has 0 saturated carbocycles. The molecule has 0 radical (unpaired) electrons. The van der Waals surface area contributed by atoms with Crippen LogP contribution in [-0.2, 0) is 5.88 Å². The molecule has 82 valence electrons. The van der Waals surface area contributed by atoms with Gasteiger partial charge in [-0.05, 0) is 18.2 Å². The van der Waals surface area contributed by atoms with Gasteiger partial charge in [0.25, 0.3) is 0 Å². The summed E-state index contributed by atoms with van der Waals surface area (Å²) in [4.78, 5) is 8.22. The Labute approximate surface area is 102 Å². The van der Waals surface area contributed by atoms with Gasteiger partial charge in [-0.1, -0.05) is 11.6 Å². The van der Waals surface area contributed by atoms with Crippen LogP contribution < -0.4 is 0 Å². The number of halogens is 3. The van der Waals surface area contributed by atoms with Crippen molar-refractivity contribution in [1.82, 2.24) is 9.97 Å². The van der Waals surface area contributed by atoms with Crippen LogP contribution in [0.5, 0.6) is 0 Å². The lowest BCUT2D eigenvalue weighted by Crippen LogP contribution is -1.91. The lowest BCUT2D eigenvalue weighted by molar-refractivity contribution is 0.628. The SMILES string of the molecule is Fc1ccc(-c2ncc(CCl)cn2)c(Cl)c1. The third-order valence-electron chi connectivity index (χ3n) is 2.03. The van der Waals surface area contributed by atoms with E-state index in [1.54, 1.807) is 18.5 Å². The van der Waals surface area contributed by atoms with Gasteiger partial charge in [0.05, 0.1) is 10.9 Å². The molecule has 5 heteroatoms. The Bertz CT molecular complexity index is 500. The zero-order valence-corrected chi connectivity index (χ0v) is 9.63. The van der Waals surface area contributed by atoms with Crippen molar-refractivity contribution >= 4 is 23.2 Å². The van der Waals surface area contributed by atoms with E-state index in [0.717, 1.165) is 5.56 Å². The summed E-state index contributed by atoms with van der Waals surface area (Å²) in [5.41, 5.74) is 1.42. The molecule has 2 rings (SSSR count). The standard InChI is InChI=1S/C11H7Cl2FN2/c12-4-7-5-15-11(16-6-7)9-2-1-8(14)3-10(9)13/h1-3,5-6H,4H2. The van der Waals surface area contributed by atoms with Gasteiger partial charge < -0.3 is 0 Å². The summed E-state index contributed by atoms with van der Waals surface area (Å²) in [7, 11) is 0. The summed E-state index contributed by atoms with van der Waals surface area (Å²) in [6.07, 6.45) is 3.24. The monoisotopic (exact) mass is 256 g/mol. The molecule has 0 aliphatic carbocycles. The molecular formula is C11H7Cl2FN2. The number of nitrogens with zero attached hydrogens (tertiary/aromatic N) is 2. The van der Waals surface area contributed by atoms with Gasteiger partial charge in [0.2, 0.25) is 0 Å². The lowest BCUT2D eigenvalue weighted by atomic mass is 10.2. The normalized spacial score (nSPS) is 10.4. The molecule has 0 amide bonds. The quantitative estimate of drug-likeness (QED) is 0.767. The molecule has 0 aliphatic heterocycles. The van der Waals surface area contributed by atoms with E-state index in [2.05, 4.69) is 9.97 Å². The minimum Gasteiger partial charge on any atom is -0.236 e. The van der Waals surface area contributed by atoms with Gasteiger partial charge >= 0.3 is 0 Å². The summed E-state index contributed by atoms with van der Waals surface area (Å²) in [5.74, 6) is 0.433. The number of aromatic nitrogens is 2. The van der Waals surface area contributed by atoms with Crippen LogP contribution in [0.4, 0.5) is 4.39 Å². The third-order valence-corrected chi connectivity index (χ3v) is 2.65. The highest BCUT2D eigenvalue weighted by atomic mass is 35.5. The molecule has 0 N–H and O–H groups in total. The van der Waals surface area contributed by atoms with Crippen LogP contribution in [0.1, 0.15) is 5.56 Å². The van der Waals surface area contributed by atoms with E-state index in [1.807, 2.05) is 0 Å². The summed E-state index contributed by atoms with van der Waals surface area (Å²) in [5, 5.41) is 0.290. The summed E-state index contributed by atoms with van der Waals surface area (Å²) in [6, 6.07) is 4.10. The number of hydrogen-bond donors (Lipinski definition) is 0. The Balaban J connectivity index is 2.42. The van der Waals surface area contributed by atoms with E-state index in [1.165, 1.54) is 12.1 Å². The third kappa shape index (κ3) is 2.31. The van der Waals surface area contributed by atoms with E-state index in [9.17, 15) is 4.39 Å². The molecule has 0 fully saturated rings. The van der Waals surface area contributed by atoms with Crippen LogP contribution >= 0.6 is 23.2 Å². The zero-order valence-electron chi connectivity index (χ0n) is 8.12. The van der Waals surface area contributed by atoms with Gasteiger partial charge in [0.1, 0.15) is 5.82 Å². The molecule has 0 unspecified atom stereocenters. The first kappa shape index (κ1) is 11.3. The van der Waals surface area contributed by atoms with Gasteiger partial charge in [-0.3, -0.25) is 0 Å².